The summed E-state index contributed by atoms with van der Waals surface area (Å²) < 4.78 is 3.22. The van der Waals surface area contributed by atoms with Gasteiger partial charge in [-0.15, -0.1) is 10.2 Å². The summed E-state index contributed by atoms with van der Waals surface area (Å²) in [5.74, 6) is 1.64. The van der Waals surface area contributed by atoms with Crippen LogP contribution in [0.1, 0.15) is 56.1 Å². The molecule has 8 heteroatoms. The van der Waals surface area contributed by atoms with Crippen LogP contribution in [0.4, 0.5) is 5.69 Å². The normalized spacial score (nSPS) is 24.2. The van der Waals surface area contributed by atoms with Crippen LogP contribution in [0.15, 0.2) is 28.7 Å². The molecule has 4 heterocycles. The van der Waals surface area contributed by atoms with E-state index >= 15 is 0 Å². The van der Waals surface area contributed by atoms with E-state index in [0.29, 0.717) is 19.5 Å². The lowest BCUT2D eigenvalue weighted by Crippen LogP contribution is -2.45. The summed E-state index contributed by atoms with van der Waals surface area (Å²) in [6.45, 7) is 2.92. The van der Waals surface area contributed by atoms with Crippen molar-refractivity contribution < 1.29 is 9.59 Å². The van der Waals surface area contributed by atoms with Crippen molar-refractivity contribution in [1.29, 1.82) is 0 Å². The fourth-order valence-corrected chi connectivity index (χ4v) is 5.61. The van der Waals surface area contributed by atoms with E-state index in [-0.39, 0.29) is 17.7 Å². The van der Waals surface area contributed by atoms with Crippen LogP contribution in [0.2, 0.25) is 0 Å². The molecule has 1 aromatic carbocycles. The molecule has 164 valence electrons. The Bertz CT molecular complexity index is 990. The second kappa shape index (κ2) is 8.73. The maximum absolute atomic E-state index is 13.3. The summed E-state index contributed by atoms with van der Waals surface area (Å²) in [6.07, 6.45) is 7.09. The van der Waals surface area contributed by atoms with Gasteiger partial charge in [0.05, 0.1) is 0 Å². The minimum Gasteiger partial charge on any atom is -0.341 e. The van der Waals surface area contributed by atoms with Gasteiger partial charge in [0, 0.05) is 48.7 Å². The average Bonchev–Trinajstić information content (AvgIpc) is 3.29. The van der Waals surface area contributed by atoms with Gasteiger partial charge in [-0.1, -0.05) is 28.4 Å². The molecule has 31 heavy (non-hydrogen) atoms. The molecule has 3 aliphatic rings. The first kappa shape index (κ1) is 20.7. The summed E-state index contributed by atoms with van der Waals surface area (Å²) in [5.41, 5.74) is 0.845. The molecule has 2 amide bonds. The van der Waals surface area contributed by atoms with E-state index in [2.05, 4.69) is 30.7 Å². The number of aromatic nitrogens is 3. The van der Waals surface area contributed by atoms with Crippen molar-refractivity contribution in [2.24, 2.45) is 5.92 Å². The Hall–Kier alpha value is -2.22. The number of nitrogens with zero attached hydrogens (tertiary/aromatic N) is 5. The van der Waals surface area contributed by atoms with Crippen molar-refractivity contribution in [3.05, 3.63) is 40.4 Å². The van der Waals surface area contributed by atoms with Gasteiger partial charge in [-0.05, 0) is 50.3 Å². The molecule has 0 saturated carbocycles. The monoisotopic (exact) mass is 485 g/mol. The lowest BCUT2D eigenvalue weighted by Gasteiger charge is -2.33. The molecule has 2 fully saturated rings. The van der Waals surface area contributed by atoms with E-state index < -0.39 is 5.92 Å². The molecule has 7 nitrogen and oxygen atoms in total. The second-order valence-corrected chi connectivity index (χ2v) is 9.79. The molecular weight excluding hydrogens is 458 g/mol. The van der Waals surface area contributed by atoms with E-state index in [9.17, 15) is 9.59 Å². The Balaban J connectivity index is 1.29. The molecule has 2 unspecified atom stereocenters. The molecule has 0 spiro atoms. The molecule has 0 bridgehead atoms. The number of benzene rings is 1. The molecule has 0 N–H and O–H groups in total. The number of amides is 2. The van der Waals surface area contributed by atoms with Crippen LogP contribution in [0.3, 0.4) is 0 Å². The topological polar surface area (TPSA) is 71.3 Å². The highest BCUT2D eigenvalue weighted by atomic mass is 79.9. The number of hydrogen-bond donors (Lipinski definition) is 0. The van der Waals surface area contributed by atoms with E-state index in [1.807, 2.05) is 29.2 Å². The van der Waals surface area contributed by atoms with Gasteiger partial charge in [-0.2, -0.15) is 0 Å². The molecule has 3 aliphatic heterocycles. The standard InChI is InChI=1S/C23H28BrN5O2/c24-17-7-4-8-18(14-17)28-13-10-19(23(28)31)22(30)27-11-5-6-16(15-27)21-26-25-20-9-2-1-3-12-29(20)21/h4,7-8,14,16,19H,1-3,5-6,9-13,15H2. The zero-order valence-corrected chi connectivity index (χ0v) is 19.3. The third-order valence-corrected chi connectivity index (χ3v) is 7.35. The Morgan fingerprint density at radius 1 is 1.03 bits per heavy atom. The van der Waals surface area contributed by atoms with Gasteiger partial charge in [0.15, 0.2) is 0 Å². The van der Waals surface area contributed by atoms with E-state index in [0.717, 1.165) is 60.6 Å². The fraction of sp³-hybridized carbons (Fsp3) is 0.565. The minimum atomic E-state index is -0.576. The van der Waals surface area contributed by atoms with Crippen molar-refractivity contribution in [3.8, 4) is 0 Å². The zero-order valence-electron chi connectivity index (χ0n) is 17.7. The molecule has 2 saturated heterocycles. The first-order valence-corrected chi connectivity index (χ1v) is 12.2. The summed E-state index contributed by atoms with van der Waals surface area (Å²) in [5, 5.41) is 8.97. The van der Waals surface area contributed by atoms with Crippen molar-refractivity contribution in [2.75, 3.05) is 24.5 Å². The van der Waals surface area contributed by atoms with Crippen LogP contribution >= 0.6 is 15.9 Å². The van der Waals surface area contributed by atoms with E-state index in [1.165, 1.54) is 12.8 Å². The number of halogens is 1. The number of rotatable bonds is 3. The molecule has 5 rings (SSSR count). The molecular formula is C23H28BrN5O2. The lowest BCUT2D eigenvalue weighted by atomic mass is 9.95. The second-order valence-electron chi connectivity index (χ2n) is 8.87. The van der Waals surface area contributed by atoms with Crippen LogP contribution in [0.5, 0.6) is 0 Å². The molecule has 2 aromatic rings. The predicted molar refractivity (Wildman–Crippen MR) is 121 cm³/mol. The van der Waals surface area contributed by atoms with Crippen molar-refractivity contribution in [2.45, 2.75) is 57.4 Å². The first-order chi connectivity index (χ1) is 15.1. The van der Waals surface area contributed by atoms with Gasteiger partial charge in [-0.3, -0.25) is 9.59 Å². The van der Waals surface area contributed by atoms with Crippen molar-refractivity contribution >= 4 is 33.4 Å². The predicted octanol–water partition coefficient (Wildman–Crippen LogP) is 3.53. The van der Waals surface area contributed by atoms with Gasteiger partial charge >= 0.3 is 0 Å². The smallest absolute Gasteiger partial charge is 0.239 e. The van der Waals surface area contributed by atoms with Crippen LogP contribution in [0, 0.1) is 5.92 Å². The molecule has 0 aliphatic carbocycles. The summed E-state index contributed by atoms with van der Waals surface area (Å²) in [6, 6.07) is 7.70. The maximum atomic E-state index is 13.3. The van der Waals surface area contributed by atoms with Gasteiger partial charge in [-0.25, -0.2) is 0 Å². The van der Waals surface area contributed by atoms with Crippen LogP contribution in [-0.2, 0) is 22.6 Å². The SMILES string of the molecule is O=C(C1CCN(c2cccc(Br)c2)C1=O)N1CCCC(c2nnc3n2CCCCC3)C1. The van der Waals surface area contributed by atoms with Crippen molar-refractivity contribution in [1.82, 2.24) is 19.7 Å². The Labute approximate surface area is 190 Å². The molecule has 1 aromatic heterocycles. The van der Waals surface area contributed by atoms with Gasteiger partial charge in [0.2, 0.25) is 11.8 Å². The number of carbonyl (C=O) groups excluding carboxylic acids is 2. The minimum absolute atomic E-state index is 0.0252. The fourth-order valence-electron chi connectivity index (χ4n) is 5.23. The number of aryl methyl sites for hydroxylation is 1. The molecule has 2 atom stereocenters. The Morgan fingerprint density at radius 2 is 1.94 bits per heavy atom. The number of fused-ring (bicyclic) bond motifs is 1. The Kier molecular flexibility index (Phi) is 5.82. The quantitative estimate of drug-likeness (QED) is 0.623. The zero-order chi connectivity index (χ0) is 21.4. The lowest BCUT2D eigenvalue weighted by molar-refractivity contribution is -0.140. The summed E-state index contributed by atoms with van der Waals surface area (Å²) in [7, 11) is 0. The summed E-state index contributed by atoms with van der Waals surface area (Å²) in [4.78, 5) is 30.1. The van der Waals surface area contributed by atoms with Crippen molar-refractivity contribution in [3.63, 3.8) is 0 Å². The van der Waals surface area contributed by atoms with Crippen LogP contribution < -0.4 is 4.90 Å². The van der Waals surface area contributed by atoms with Crippen LogP contribution in [0.25, 0.3) is 0 Å². The summed E-state index contributed by atoms with van der Waals surface area (Å²) >= 11 is 3.47. The maximum Gasteiger partial charge on any atom is 0.239 e. The number of carbonyl (C=O) groups is 2. The average molecular weight is 486 g/mol. The van der Waals surface area contributed by atoms with E-state index in [1.54, 1.807) is 4.90 Å². The highest BCUT2D eigenvalue weighted by Crippen LogP contribution is 2.32. The van der Waals surface area contributed by atoms with Gasteiger partial charge < -0.3 is 14.4 Å². The number of piperidine rings is 1. The third-order valence-electron chi connectivity index (χ3n) is 6.86. The highest BCUT2D eigenvalue weighted by molar-refractivity contribution is 9.10. The van der Waals surface area contributed by atoms with Crippen LogP contribution in [-0.4, -0.2) is 51.1 Å². The van der Waals surface area contributed by atoms with Gasteiger partial charge in [0.1, 0.15) is 17.6 Å². The van der Waals surface area contributed by atoms with E-state index in [4.69, 9.17) is 0 Å². The largest absolute Gasteiger partial charge is 0.341 e. The Morgan fingerprint density at radius 3 is 2.81 bits per heavy atom. The van der Waals surface area contributed by atoms with Gasteiger partial charge in [0.25, 0.3) is 0 Å². The highest BCUT2D eigenvalue weighted by Gasteiger charge is 2.41. The number of anilines is 1. The first-order valence-electron chi connectivity index (χ1n) is 11.4. The number of likely N-dealkylation sites (tertiary alicyclic amines) is 1. The number of hydrogen-bond acceptors (Lipinski definition) is 4. The third kappa shape index (κ3) is 4.02. The molecule has 0 radical (unpaired) electrons.